The molecule has 0 bridgehead atoms. The van der Waals surface area contributed by atoms with Crippen LogP contribution in [0.3, 0.4) is 0 Å². The number of nitro benzene ring substituents is 1. The molecule has 0 N–H and O–H groups in total. The SMILES string of the molecule is COc1cc(/C=C2\SC(=O)N(CCOc3ccccc3Cl)C2=O)ccc1OS(=O)(=O)c1ccc(C)c([N+](=O)[O-])c1. The Balaban J connectivity index is 1.48. The van der Waals surface area contributed by atoms with E-state index in [0.29, 0.717) is 21.9 Å². The maximum atomic E-state index is 12.8. The summed E-state index contributed by atoms with van der Waals surface area (Å²) in [5, 5.41) is 11.1. The van der Waals surface area contributed by atoms with Crippen LogP contribution in [-0.2, 0) is 14.9 Å². The van der Waals surface area contributed by atoms with Gasteiger partial charge in [0, 0.05) is 11.6 Å². The Bertz CT molecular complexity index is 1640. The van der Waals surface area contributed by atoms with Gasteiger partial charge in [0.15, 0.2) is 11.5 Å². The Labute approximate surface area is 238 Å². The lowest BCUT2D eigenvalue weighted by molar-refractivity contribution is -0.385. The van der Waals surface area contributed by atoms with Crippen molar-refractivity contribution >= 4 is 56.4 Å². The van der Waals surface area contributed by atoms with Crippen LogP contribution >= 0.6 is 23.4 Å². The van der Waals surface area contributed by atoms with Crippen molar-refractivity contribution in [2.24, 2.45) is 0 Å². The minimum absolute atomic E-state index is 0.0123. The third kappa shape index (κ3) is 6.38. The van der Waals surface area contributed by atoms with E-state index in [4.69, 9.17) is 25.3 Å². The van der Waals surface area contributed by atoms with Gasteiger partial charge in [-0.25, -0.2) is 0 Å². The molecule has 40 heavy (non-hydrogen) atoms. The van der Waals surface area contributed by atoms with E-state index in [9.17, 15) is 28.1 Å². The van der Waals surface area contributed by atoms with Crippen LogP contribution < -0.4 is 13.7 Å². The number of thioether (sulfide) groups is 1. The third-order valence-corrected chi connectivity index (χ3v) is 8.08. The number of hydrogen-bond donors (Lipinski definition) is 0. The maximum absolute atomic E-state index is 12.8. The van der Waals surface area contributed by atoms with E-state index in [1.165, 1.54) is 50.4 Å². The van der Waals surface area contributed by atoms with Gasteiger partial charge in [-0.05, 0) is 60.7 Å². The standard InChI is InChI=1S/C26H21ClN2O9S2/c1-16-7-9-18(15-20(16)29(32)33)40(34,35)38-22-10-8-17(13-23(22)36-2)14-24-25(30)28(26(31)39-24)11-12-37-21-6-4-3-5-19(21)27/h3-10,13-15H,11-12H2,1-2H3/b24-14-. The average molecular weight is 605 g/mol. The molecule has 1 saturated heterocycles. The van der Waals surface area contributed by atoms with Crippen LogP contribution in [-0.4, -0.2) is 49.6 Å². The zero-order chi connectivity index (χ0) is 29.0. The zero-order valence-electron chi connectivity index (χ0n) is 21.0. The second-order valence-corrected chi connectivity index (χ2v) is 11.2. The van der Waals surface area contributed by atoms with Crippen LogP contribution in [0.4, 0.5) is 10.5 Å². The number of benzene rings is 3. The molecule has 1 fully saturated rings. The number of carbonyl (C=O) groups excluding carboxylic acids is 2. The topological polar surface area (TPSA) is 142 Å². The van der Waals surface area contributed by atoms with Gasteiger partial charge in [-0.15, -0.1) is 0 Å². The number of ether oxygens (including phenoxy) is 2. The number of carbonyl (C=O) groups is 2. The van der Waals surface area contributed by atoms with Crippen LogP contribution in [0.15, 0.2) is 70.5 Å². The van der Waals surface area contributed by atoms with Gasteiger partial charge in [0.1, 0.15) is 17.3 Å². The van der Waals surface area contributed by atoms with Gasteiger partial charge >= 0.3 is 10.1 Å². The average Bonchev–Trinajstić information content (AvgIpc) is 3.17. The van der Waals surface area contributed by atoms with Crippen LogP contribution in [0.2, 0.25) is 5.02 Å². The van der Waals surface area contributed by atoms with Crippen molar-refractivity contribution in [2.75, 3.05) is 20.3 Å². The lowest BCUT2D eigenvalue weighted by atomic mass is 10.2. The molecule has 3 aromatic carbocycles. The first kappa shape index (κ1) is 28.9. The smallest absolute Gasteiger partial charge is 0.339 e. The number of hydrogen-bond acceptors (Lipinski definition) is 10. The Morgan fingerprint density at radius 3 is 2.50 bits per heavy atom. The number of methoxy groups -OCH3 is 1. The molecule has 0 unspecified atom stereocenters. The molecule has 0 aromatic heterocycles. The molecule has 11 nitrogen and oxygen atoms in total. The molecule has 1 aliphatic rings. The van der Waals surface area contributed by atoms with Gasteiger partial charge in [-0.2, -0.15) is 8.42 Å². The Morgan fingerprint density at radius 1 is 1.05 bits per heavy atom. The quantitative estimate of drug-likeness (QED) is 0.127. The maximum Gasteiger partial charge on any atom is 0.339 e. The van der Waals surface area contributed by atoms with Crippen molar-refractivity contribution in [2.45, 2.75) is 11.8 Å². The van der Waals surface area contributed by atoms with Crippen LogP contribution in [0, 0.1) is 17.0 Å². The molecule has 1 aliphatic heterocycles. The molecule has 0 spiro atoms. The highest BCUT2D eigenvalue weighted by Crippen LogP contribution is 2.36. The molecule has 0 radical (unpaired) electrons. The number of aryl methyl sites for hydroxylation is 1. The van der Waals surface area contributed by atoms with E-state index < -0.39 is 31.1 Å². The van der Waals surface area contributed by atoms with E-state index >= 15 is 0 Å². The van der Waals surface area contributed by atoms with Gasteiger partial charge < -0.3 is 13.7 Å². The number of amides is 2. The highest BCUT2D eigenvalue weighted by molar-refractivity contribution is 8.18. The van der Waals surface area contributed by atoms with E-state index in [0.717, 1.165) is 22.7 Å². The molecule has 3 aromatic rings. The van der Waals surface area contributed by atoms with Gasteiger partial charge in [0.25, 0.3) is 16.8 Å². The number of rotatable bonds is 10. The van der Waals surface area contributed by atoms with Gasteiger partial charge in [0.05, 0.1) is 28.5 Å². The predicted octanol–water partition coefficient (Wildman–Crippen LogP) is 5.45. The van der Waals surface area contributed by atoms with E-state index in [1.807, 2.05) is 0 Å². The number of halogens is 1. The van der Waals surface area contributed by atoms with Crippen molar-refractivity contribution in [1.82, 2.24) is 4.90 Å². The van der Waals surface area contributed by atoms with Crippen LogP contribution in [0.1, 0.15) is 11.1 Å². The fourth-order valence-corrected chi connectivity index (χ4v) is 5.62. The summed E-state index contributed by atoms with van der Waals surface area (Å²) in [5.74, 6) is -0.233. The molecule has 2 amide bonds. The molecule has 4 rings (SSSR count). The summed E-state index contributed by atoms with van der Waals surface area (Å²) in [7, 11) is -3.14. The summed E-state index contributed by atoms with van der Waals surface area (Å²) < 4.78 is 41.7. The summed E-state index contributed by atoms with van der Waals surface area (Å²) in [6.45, 7) is 1.55. The Morgan fingerprint density at radius 2 is 1.80 bits per heavy atom. The van der Waals surface area contributed by atoms with Crippen molar-refractivity contribution in [3.63, 3.8) is 0 Å². The number of nitro groups is 1. The summed E-state index contributed by atoms with van der Waals surface area (Å²) in [6.07, 6.45) is 1.46. The van der Waals surface area contributed by atoms with Crippen LogP contribution in [0.5, 0.6) is 17.2 Å². The van der Waals surface area contributed by atoms with Crippen molar-refractivity contribution in [3.8, 4) is 17.2 Å². The fraction of sp³-hybridized carbons (Fsp3) is 0.154. The number of para-hydroxylation sites is 1. The molecule has 0 aliphatic carbocycles. The van der Waals surface area contributed by atoms with Crippen molar-refractivity contribution in [1.29, 1.82) is 0 Å². The molecular weight excluding hydrogens is 584 g/mol. The van der Waals surface area contributed by atoms with E-state index in [-0.39, 0.29) is 35.2 Å². The molecule has 208 valence electrons. The highest BCUT2D eigenvalue weighted by atomic mass is 35.5. The van der Waals surface area contributed by atoms with Gasteiger partial charge in [0.2, 0.25) is 0 Å². The van der Waals surface area contributed by atoms with E-state index in [2.05, 4.69) is 0 Å². The van der Waals surface area contributed by atoms with Gasteiger partial charge in [-0.3, -0.25) is 24.6 Å². The third-order valence-electron chi connectivity index (χ3n) is 5.63. The minimum Gasteiger partial charge on any atom is -0.493 e. The summed E-state index contributed by atoms with van der Waals surface area (Å²) >= 11 is 6.80. The van der Waals surface area contributed by atoms with Crippen molar-refractivity contribution < 1.29 is 36.6 Å². The molecule has 0 atom stereocenters. The van der Waals surface area contributed by atoms with E-state index in [1.54, 1.807) is 24.3 Å². The molecule has 1 heterocycles. The number of nitrogens with zero attached hydrogens (tertiary/aromatic N) is 2. The first-order chi connectivity index (χ1) is 19.0. The predicted molar refractivity (Wildman–Crippen MR) is 148 cm³/mol. The first-order valence-corrected chi connectivity index (χ1v) is 14.1. The zero-order valence-corrected chi connectivity index (χ0v) is 23.4. The lowest BCUT2D eigenvalue weighted by Crippen LogP contribution is -2.32. The van der Waals surface area contributed by atoms with Crippen LogP contribution in [0.25, 0.3) is 6.08 Å². The largest absolute Gasteiger partial charge is 0.493 e. The minimum atomic E-state index is -4.44. The molecule has 0 saturated carbocycles. The summed E-state index contributed by atoms with van der Waals surface area (Å²) in [5.41, 5.74) is 0.366. The normalized spacial score (nSPS) is 14.5. The Hall–Kier alpha value is -4.07. The summed E-state index contributed by atoms with van der Waals surface area (Å²) in [6, 6.07) is 14.5. The first-order valence-electron chi connectivity index (χ1n) is 11.5. The summed E-state index contributed by atoms with van der Waals surface area (Å²) in [4.78, 5) is 36.6. The Kier molecular flexibility index (Phi) is 8.67. The van der Waals surface area contributed by atoms with Crippen molar-refractivity contribution in [3.05, 3.63) is 91.8 Å². The fourth-order valence-electron chi connectivity index (χ4n) is 3.60. The molecule has 14 heteroatoms. The lowest BCUT2D eigenvalue weighted by Gasteiger charge is -2.14. The molecular formula is C26H21ClN2O9S2. The monoisotopic (exact) mass is 604 g/mol. The second kappa shape index (κ2) is 12.0. The van der Waals surface area contributed by atoms with Gasteiger partial charge in [-0.1, -0.05) is 35.9 Å². The number of imide groups is 1. The second-order valence-electron chi connectivity index (χ2n) is 8.27. The highest BCUT2D eigenvalue weighted by Gasteiger charge is 2.35.